The topological polar surface area (TPSA) is 77.5 Å². The van der Waals surface area contributed by atoms with E-state index in [-0.39, 0.29) is 0 Å². The molecule has 4 aromatic rings. The molecule has 0 fully saturated rings. The molecule has 4 rings (SSSR count). The van der Waals surface area contributed by atoms with Crippen LogP contribution in [0.15, 0.2) is 97.1 Å². The van der Waals surface area contributed by atoms with E-state index < -0.39 is 18.0 Å². The number of carbonyl (C=O) groups is 2. The molecule has 0 bridgehead atoms. The smallest absolute Gasteiger partial charge is 0.331 e. The van der Waals surface area contributed by atoms with Gasteiger partial charge in [-0.25, -0.2) is 9.78 Å². The number of esters is 1. The first-order chi connectivity index (χ1) is 16.1. The number of hydrogen-bond acceptors (Lipinski definition) is 5. The fourth-order valence-corrected chi connectivity index (χ4v) is 3.29. The first-order valence-electron chi connectivity index (χ1n) is 10.4. The van der Waals surface area contributed by atoms with Crippen LogP contribution in [0.2, 0.25) is 0 Å². The van der Waals surface area contributed by atoms with Crippen LogP contribution in [0.3, 0.4) is 0 Å². The molecule has 33 heavy (non-hydrogen) atoms. The number of amides is 1. The number of hydrogen-bond donors (Lipinski definition) is 1. The number of rotatable bonds is 7. The third-order valence-corrected chi connectivity index (χ3v) is 4.92. The van der Waals surface area contributed by atoms with Gasteiger partial charge in [0.2, 0.25) is 6.10 Å². The van der Waals surface area contributed by atoms with Crippen molar-refractivity contribution in [1.82, 2.24) is 4.98 Å². The van der Waals surface area contributed by atoms with Gasteiger partial charge in [-0.05, 0) is 30.3 Å². The van der Waals surface area contributed by atoms with Gasteiger partial charge in [0, 0.05) is 28.8 Å². The Morgan fingerprint density at radius 3 is 2.52 bits per heavy atom. The van der Waals surface area contributed by atoms with Crippen molar-refractivity contribution in [3.63, 3.8) is 0 Å². The van der Waals surface area contributed by atoms with Crippen molar-refractivity contribution in [3.8, 4) is 5.75 Å². The third kappa shape index (κ3) is 5.62. The van der Waals surface area contributed by atoms with Crippen molar-refractivity contribution in [2.75, 3.05) is 12.4 Å². The second kappa shape index (κ2) is 10.2. The minimum atomic E-state index is -1.13. The number of carbonyl (C=O) groups excluding carboxylic acids is 2. The van der Waals surface area contributed by atoms with E-state index in [1.54, 1.807) is 61.7 Å². The molecule has 3 aromatic carbocycles. The number of ether oxygens (including phenoxy) is 2. The Morgan fingerprint density at radius 1 is 0.909 bits per heavy atom. The van der Waals surface area contributed by atoms with Crippen molar-refractivity contribution in [3.05, 3.63) is 108 Å². The molecule has 1 aromatic heterocycles. The van der Waals surface area contributed by atoms with Gasteiger partial charge in [-0.2, -0.15) is 0 Å². The molecular formula is C27H22N2O4. The van der Waals surface area contributed by atoms with Crippen LogP contribution in [0.1, 0.15) is 17.4 Å². The zero-order valence-electron chi connectivity index (χ0n) is 18.0. The molecule has 0 saturated carbocycles. The highest BCUT2D eigenvalue weighted by atomic mass is 16.5. The minimum absolute atomic E-state index is 0.472. The predicted molar refractivity (Wildman–Crippen MR) is 128 cm³/mol. The first kappa shape index (κ1) is 21.8. The van der Waals surface area contributed by atoms with Crippen LogP contribution in [-0.2, 0) is 14.3 Å². The summed E-state index contributed by atoms with van der Waals surface area (Å²) in [5, 5.41) is 3.79. The molecule has 164 valence electrons. The maximum Gasteiger partial charge on any atom is 0.331 e. The summed E-state index contributed by atoms with van der Waals surface area (Å²) < 4.78 is 10.7. The number of aromatic nitrogens is 1. The van der Waals surface area contributed by atoms with Gasteiger partial charge in [0.15, 0.2) is 0 Å². The fraction of sp³-hybridized carbons (Fsp3) is 0.0741. The average molecular weight is 438 g/mol. The molecule has 6 heteroatoms. The Hall–Kier alpha value is -4.45. The zero-order valence-corrected chi connectivity index (χ0v) is 18.0. The molecule has 1 atom stereocenters. The van der Waals surface area contributed by atoms with E-state index in [1.165, 1.54) is 6.08 Å². The van der Waals surface area contributed by atoms with E-state index in [1.807, 2.05) is 42.5 Å². The number of para-hydroxylation sites is 1. The summed E-state index contributed by atoms with van der Waals surface area (Å²) in [6, 6.07) is 27.3. The number of benzene rings is 3. The van der Waals surface area contributed by atoms with Crippen LogP contribution < -0.4 is 10.1 Å². The highest BCUT2D eigenvalue weighted by Gasteiger charge is 2.24. The maximum absolute atomic E-state index is 13.0. The summed E-state index contributed by atoms with van der Waals surface area (Å²) in [6.07, 6.45) is 1.71. The second-order valence-corrected chi connectivity index (χ2v) is 7.21. The Balaban J connectivity index is 1.51. The third-order valence-electron chi connectivity index (χ3n) is 4.92. The minimum Gasteiger partial charge on any atom is -0.497 e. The van der Waals surface area contributed by atoms with E-state index in [4.69, 9.17) is 9.47 Å². The first-order valence-corrected chi connectivity index (χ1v) is 10.4. The number of nitrogens with zero attached hydrogens (tertiary/aromatic N) is 1. The Labute approximate surface area is 191 Å². The highest BCUT2D eigenvalue weighted by molar-refractivity contribution is 5.97. The van der Waals surface area contributed by atoms with Gasteiger partial charge in [0.1, 0.15) is 5.75 Å². The van der Waals surface area contributed by atoms with Gasteiger partial charge in [-0.3, -0.25) is 4.79 Å². The molecule has 0 aliphatic heterocycles. The highest BCUT2D eigenvalue weighted by Crippen LogP contribution is 2.23. The number of anilines is 1. The maximum atomic E-state index is 13.0. The zero-order chi connectivity index (χ0) is 23.0. The molecule has 0 radical (unpaired) electrons. The van der Waals surface area contributed by atoms with Crippen LogP contribution in [-0.4, -0.2) is 24.0 Å². The summed E-state index contributed by atoms with van der Waals surface area (Å²) in [7, 11) is 1.55. The second-order valence-electron chi connectivity index (χ2n) is 7.21. The average Bonchev–Trinajstić information content (AvgIpc) is 2.86. The normalized spacial score (nSPS) is 11.8. The fourth-order valence-electron chi connectivity index (χ4n) is 3.29. The monoisotopic (exact) mass is 438 g/mol. The van der Waals surface area contributed by atoms with Crippen molar-refractivity contribution in [1.29, 1.82) is 0 Å². The van der Waals surface area contributed by atoms with Crippen LogP contribution in [0.25, 0.3) is 17.0 Å². The van der Waals surface area contributed by atoms with Gasteiger partial charge < -0.3 is 14.8 Å². The number of nitrogens with one attached hydrogen (secondary N) is 1. The van der Waals surface area contributed by atoms with Gasteiger partial charge in [0.25, 0.3) is 5.91 Å². The van der Waals surface area contributed by atoms with E-state index in [0.29, 0.717) is 22.7 Å². The summed E-state index contributed by atoms with van der Waals surface area (Å²) in [5.74, 6) is -0.522. The van der Waals surface area contributed by atoms with Crippen LogP contribution in [0.5, 0.6) is 5.75 Å². The lowest BCUT2D eigenvalue weighted by molar-refractivity contribution is -0.149. The van der Waals surface area contributed by atoms with Gasteiger partial charge in [-0.1, -0.05) is 60.7 Å². The molecule has 1 N–H and O–H groups in total. The number of pyridine rings is 1. The molecule has 0 saturated heterocycles. The summed E-state index contributed by atoms with van der Waals surface area (Å²) in [4.78, 5) is 30.1. The van der Waals surface area contributed by atoms with Crippen molar-refractivity contribution >= 4 is 34.5 Å². The summed E-state index contributed by atoms with van der Waals surface area (Å²) >= 11 is 0. The lowest BCUT2D eigenvalue weighted by atomic mass is 10.1. The van der Waals surface area contributed by atoms with E-state index >= 15 is 0 Å². The molecule has 0 aliphatic rings. The van der Waals surface area contributed by atoms with Crippen LogP contribution in [0.4, 0.5) is 5.69 Å². The SMILES string of the molecule is COc1cccc(NC(=O)C(OC(=O)/C=C/c2ccc3ccccc3n2)c2ccccc2)c1. The molecule has 1 unspecified atom stereocenters. The molecule has 1 heterocycles. The largest absolute Gasteiger partial charge is 0.497 e. The molecule has 6 nitrogen and oxygen atoms in total. The van der Waals surface area contributed by atoms with E-state index in [2.05, 4.69) is 10.3 Å². The predicted octanol–water partition coefficient (Wildman–Crippen LogP) is 5.18. The van der Waals surface area contributed by atoms with Crippen molar-refractivity contribution in [2.24, 2.45) is 0 Å². The van der Waals surface area contributed by atoms with Gasteiger partial charge >= 0.3 is 5.97 Å². The standard InChI is InChI=1S/C27H22N2O4/c1-32-23-12-7-11-22(18-23)29-27(31)26(20-9-3-2-4-10-20)33-25(30)17-16-21-15-14-19-8-5-6-13-24(19)28-21/h2-18,26H,1H3,(H,29,31)/b17-16+. The van der Waals surface area contributed by atoms with Crippen molar-refractivity contribution in [2.45, 2.75) is 6.10 Å². The molecule has 0 spiro atoms. The lowest BCUT2D eigenvalue weighted by Crippen LogP contribution is -2.25. The van der Waals surface area contributed by atoms with Crippen molar-refractivity contribution < 1.29 is 19.1 Å². The Morgan fingerprint density at radius 2 is 1.70 bits per heavy atom. The Bertz CT molecular complexity index is 1300. The molecular weight excluding hydrogens is 416 g/mol. The van der Waals surface area contributed by atoms with E-state index in [9.17, 15) is 9.59 Å². The Kier molecular flexibility index (Phi) is 6.75. The number of methoxy groups -OCH3 is 1. The van der Waals surface area contributed by atoms with Gasteiger partial charge in [-0.15, -0.1) is 0 Å². The van der Waals surface area contributed by atoms with Gasteiger partial charge in [0.05, 0.1) is 18.3 Å². The lowest BCUT2D eigenvalue weighted by Gasteiger charge is -2.17. The quantitative estimate of drug-likeness (QED) is 0.318. The summed E-state index contributed by atoms with van der Waals surface area (Å²) in [5.41, 5.74) is 2.53. The van der Waals surface area contributed by atoms with E-state index in [0.717, 1.165) is 10.9 Å². The number of fused-ring (bicyclic) bond motifs is 1. The van der Waals surface area contributed by atoms with Crippen LogP contribution in [0, 0.1) is 0 Å². The molecule has 0 aliphatic carbocycles. The molecule has 1 amide bonds. The van der Waals surface area contributed by atoms with Crippen LogP contribution >= 0.6 is 0 Å². The summed E-state index contributed by atoms with van der Waals surface area (Å²) in [6.45, 7) is 0.